The standard InChI is InChI=1S/C24H36O7S/c1-3-5-7-9-19(25)16-30-21-12-13-22-18(15-21)11-14-23(32(27,28)29)24(22)31-17-20(26)10-8-6-4-2/h11-15,19-20,25-26H,3-10,16-17H2,1-2H3,(H,27,28,29). The number of aliphatic hydroxyl groups excluding tert-OH is 2. The molecular formula is C24H36O7S. The molecule has 0 saturated carbocycles. The van der Waals surface area contributed by atoms with Gasteiger partial charge in [-0.3, -0.25) is 4.55 Å². The van der Waals surface area contributed by atoms with Crippen molar-refractivity contribution >= 4 is 20.9 Å². The molecule has 0 aliphatic carbocycles. The van der Waals surface area contributed by atoms with Gasteiger partial charge >= 0.3 is 0 Å². The fraction of sp³-hybridized carbons (Fsp3) is 0.583. The van der Waals surface area contributed by atoms with E-state index < -0.39 is 22.3 Å². The summed E-state index contributed by atoms with van der Waals surface area (Å²) >= 11 is 0. The Hall–Kier alpha value is -1.87. The fourth-order valence-corrected chi connectivity index (χ4v) is 4.14. The molecule has 0 heterocycles. The molecular weight excluding hydrogens is 432 g/mol. The molecule has 2 rings (SSSR count). The molecule has 0 aliphatic heterocycles. The molecule has 8 heteroatoms. The molecule has 0 aromatic heterocycles. The molecule has 0 saturated heterocycles. The lowest BCUT2D eigenvalue weighted by molar-refractivity contribution is 0.0967. The van der Waals surface area contributed by atoms with Gasteiger partial charge in [0.25, 0.3) is 10.1 Å². The number of hydrogen-bond donors (Lipinski definition) is 3. The number of hydrogen-bond acceptors (Lipinski definition) is 6. The third-order valence-electron chi connectivity index (χ3n) is 5.33. The number of ether oxygens (including phenoxy) is 2. The van der Waals surface area contributed by atoms with Crippen LogP contribution < -0.4 is 9.47 Å². The van der Waals surface area contributed by atoms with Gasteiger partial charge in [0.2, 0.25) is 0 Å². The molecule has 0 radical (unpaired) electrons. The van der Waals surface area contributed by atoms with Gasteiger partial charge in [0.1, 0.15) is 29.6 Å². The highest BCUT2D eigenvalue weighted by Gasteiger charge is 2.21. The van der Waals surface area contributed by atoms with Crippen molar-refractivity contribution in [1.29, 1.82) is 0 Å². The van der Waals surface area contributed by atoms with Gasteiger partial charge in [0.05, 0.1) is 12.2 Å². The Bertz CT molecular complexity index is 943. The van der Waals surface area contributed by atoms with Crippen molar-refractivity contribution in [3.8, 4) is 11.5 Å². The van der Waals surface area contributed by atoms with Crippen LogP contribution in [-0.2, 0) is 10.1 Å². The van der Waals surface area contributed by atoms with Gasteiger partial charge < -0.3 is 19.7 Å². The first-order chi connectivity index (χ1) is 15.3. The van der Waals surface area contributed by atoms with Crippen molar-refractivity contribution in [2.45, 2.75) is 82.3 Å². The van der Waals surface area contributed by atoms with Crippen LogP contribution in [-0.4, -0.2) is 48.6 Å². The second-order valence-corrected chi connectivity index (χ2v) is 9.56. The van der Waals surface area contributed by atoms with Crippen LogP contribution in [0.15, 0.2) is 35.2 Å². The first-order valence-electron chi connectivity index (χ1n) is 11.4. The minimum Gasteiger partial charge on any atom is -0.491 e. The molecule has 180 valence electrons. The lowest BCUT2D eigenvalue weighted by atomic mass is 10.1. The van der Waals surface area contributed by atoms with Gasteiger partial charge in [-0.15, -0.1) is 0 Å². The number of rotatable bonds is 15. The predicted molar refractivity (Wildman–Crippen MR) is 125 cm³/mol. The summed E-state index contributed by atoms with van der Waals surface area (Å²) in [6, 6.07) is 7.89. The Morgan fingerprint density at radius 2 is 1.44 bits per heavy atom. The number of benzene rings is 2. The molecule has 0 bridgehead atoms. The van der Waals surface area contributed by atoms with Crippen molar-refractivity contribution in [3.63, 3.8) is 0 Å². The van der Waals surface area contributed by atoms with Gasteiger partial charge in [-0.1, -0.05) is 58.4 Å². The SMILES string of the molecule is CCCCCC(O)COc1ccc2c(OCC(O)CCCCC)c(S(=O)(=O)O)ccc2c1. The maximum Gasteiger partial charge on any atom is 0.298 e. The van der Waals surface area contributed by atoms with Gasteiger partial charge in [-0.25, -0.2) is 0 Å². The highest BCUT2D eigenvalue weighted by molar-refractivity contribution is 7.86. The quantitative estimate of drug-likeness (QED) is 0.256. The molecule has 0 fully saturated rings. The van der Waals surface area contributed by atoms with Crippen molar-refractivity contribution in [3.05, 3.63) is 30.3 Å². The smallest absolute Gasteiger partial charge is 0.298 e. The average Bonchev–Trinajstić information content (AvgIpc) is 2.75. The molecule has 3 N–H and O–H groups in total. The average molecular weight is 469 g/mol. The topological polar surface area (TPSA) is 113 Å². The maximum atomic E-state index is 11.9. The van der Waals surface area contributed by atoms with E-state index in [9.17, 15) is 23.2 Å². The summed E-state index contributed by atoms with van der Waals surface area (Å²) in [6.07, 6.45) is 5.94. The molecule has 2 aromatic carbocycles. The first-order valence-corrected chi connectivity index (χ1v) is 12.9. The normalized spacial score (nSPS) is 13.8. The largest absolute Gasteiger partial charge is 0.491 e. The van der Waals surface area contributed by atoms with Gasteiger partial charge in [-0.2, -0.15) is 8.42 Å². The highest BCUT2D eigenvalue weighted by Crippen LogP contribution is 2.35. The summed E-state index contributed by atoms with van der Waals surface area (Å²) < 4.78 is 44.8. The molecule has 0 aliphatic rings. The van der Waals surface area contributed by atoms with E-state index in [1.165, 1.54) is 6.07 Å². The van der Waals surface area contributed by atoms with Crippen LogP contribution in [0, 0.1) is 0 Å². The van der Waals surface area contributed by atoms with Gasteiger partial charge in [0.15, 0.2) is 0 Å². The summed E-state index contributed by atoms with van der Waals surface area (Å²) in [7, 11) is -4.51. The third kappa shape index (κ3) is 8.24. The third-order valence-corrected chi connectivity index (χ3v) is 6.21. The van der Waals surface area contributed by atoms with Crippen molar-refractivity contribution < 1.29 is 32.7 Å². The van der Waals surface area contributed by atoms with E-state index in [2.05, 4.69) is 13.8 Å². The van der Waals surface area contributed by atoms with E-state index in [0.717, 1.165) is 38.5 Å². The molecule has 0 amide bonds. The lowest BCUT2D eigenvalue weighted by Gasteiger charge is -2.17. The molecule has 0 spiro atoms. The zero-order chi connectivity index (χ0) is 23.6. The lowest BCUT2D eigenvalue weighted by Crippen LogP contribution is -2.18. The molecule has 32 heavy (non-hydrogen) atoms. The van der Waals surface area contributed by atoms with Crippen LogP contribution >= 0.6 is 0 Å². The highest BCUT2D eigenvalue weighted by atomic mass is 32.2. The van der Waals surface area contributed by atoms with E-state index in [-0.39, 0.29) is 23.9 Å². The zero-order valence-corrected chi connectivity index (χ0v) is 19.8. The van der Waals surface area contributed by atoms with Crippen LogP contribution in [0.5, 0.6) is 11.5 Å². The summed E-state index contributed by atoms with van der Waals surface area (Å²) in [6.45, 7) is 4.28. The van der Waals surface area contributed by atoms with Crippen LogP contribution in [0.2, 0.25) is 0 Å². The Morgan fingerprint density at radius 1 is 0.844 bits per heavy atom. The van der Waals surface area contributed by atoms with E-state index in [4.69, 9.17) is 9.47 Å². The Balaban J connectivity index is 2.17. The molecule has 2 atom stereocenters. The minimum atomic E-state index is -4.51. The summed E-state index contributed by atoms with van der Waals surface area (Å²) in [4.78, 5) is -0.342. The predicted octanol–water partition coefficient (Wildman–Crippen LogP) is 4.73. The number of fused-ring (bicyclic) bond motifs is 1. The Kier molecular flexibility index (Phi) is 10.7. The van der Waals surface area contributed by atoms with E-state index in [1.807, 2.05) is 0 Å². The van der Waals surface area contributed by atoms with Gasteiger partial charge in [-0.05, 0) is 42.5 Å². The summed E-state index contributed by atoms with van der Waals surface area (Å²) in [5.41, 5.74) is 0. The summed E-state index contributed by atoms with van der Waals surface area (Å²) in [5.74, 6) is 0.544. The molecule has 2 aromatic rings. The van der Waals surface area contributed by atoms with Crippen molar-refractivity contribution in [1.82, 2.24) is 0 Å². The minimum absolute atomic E-state index is 0.00527. The van der Waals surface area contributed by atoms with E-state index in [1.54, 1.807) is 24.3 Å². The monoisotopic (exact) mass is 468 g/mol. The first kappa shape index (κ1) is 26.4. The van der Waals surface area contributed by atoms with E-state index >= 15 is 0 Å². The number of aliphatic hydroxyl groups is 2. The van der Waals surface area contributed by atoms with Crippen LogP contribution in [0.1, 0.15) is 65.2 Å². The maximum absolute atomic E-state index is 11.9. The van der Waals surface area contributed by atoms with E-state index in [0.29, 0.717) is 29.4 Å². The molecule has 2 unspecified atom stereocenters. The summed E-state index contributed by atoms with van der Waals surface area (Å²) in [5, 5.41) is 21.4. The Labute approximate surface area is 191 Å². The number of unbranched alkanes of at least 4 members (excludes halogenated alkanes) is 4. The van der Waals surface area contributed by atoms with Crippen LogP contribution in [0.3, 0.4) is 0 Å². The second kappa shape index (κ2) is 13.0. The van der Waals surface area contributed by atoms with Crippen LogP contribution in [0.25, 0.3) is 10.8 Å². The fourth-order valence-electron chi connectivity index (χ4n) is 3.50. The Morgan fingerprint density at radius 3 is 2.00 bits per heavy atom. The van der Waals surface area contributed by atoms with Gasteiger partial charge in [0, 0.05) is 5.39 Å². The van der Waals surface area contributed by atoms with Crippen LogP contribution in [0.4, 0.5) is 0 Å². The zero-order valence-electron chi connectivity index (χ0n) is 19.0. The molecule has 7 nitrogen and oxygen atoms in total. The van der Waals surface area contributed by atoms with Crippen molar-refractivity contribution in [2.75, 3.05) is 13.2 Å². The van der Waals surface area contributed by atoms with Crippen molar-refractivity contribution in [2.24, 2.45) is 0 Å². The second-order valence-electron chi connectivity index (χ2n) is 8.17.